The van der Waals surface area contributed by atoms with Crippen LogP contribution in [0.3, 0.4) is 0 Å². The summed E-state index contributed by atoms with van der Waals surface area (Å²) in [4.78, 5) is 17.5. The Labute approximate surface area is 136 Å². The molecule has 52 valence electrons. The fourth-order valence-corrected chi connectivity index (χ4v) is 0. The molecule has 0 aliphatic carbocycles. The maximum Gasteiger partial charge on any atom is 1.00 e. The van der Waals surface area contributed by atoms with E-state index in [1.165, 1.54) is 0 Å². The van der Waals surface area contributed by atoms with Crippen LogP contribution in [0.25, 0.3) is 0 Å². The van der Waals surface area contributed by atoms with Crippen molar-refractivity contribution < 1.29 is 114 Å². The van der Waals surface area contributed by atoms with Gasteiger partial charge in [0, 0.05) is 0 Å². The Balaban J connectivity index is -0.0000000221. The molecule has 0 heterocycles. The minimum Gasteiger partial charge on any atom is -0.652 e. The van der Waals surface area contributed by atoms with Gasteiger partial charge in [-0.15, -0.1) is 0 Å². The Morgan fingerprint density at radius 1 is 1.00 bits per heavy atom. The Hall–Kier alpha value is 1.48. The van der Waals surface area contributed by atoms with Gasteiger partial charge in [-0.3, -0.25) is 0 Å². The first-order valence-corrected chi connectivity index (χ1v) is 1.72. The molecule has 0 saturated heterocycles. The van der Waals surface area contributed by atoms with Crippen LogP contribution in [0.15, 0.2) is 12.7 Å². The summed E-state index contributed by atoms with van der Waals surface area (Å²) in [5.41, 5.74) is 0. The van der Waals surface area contributed by atoms with Crippen LogP contribution in [0.2, 0.25) is 0 Å². The van der Waals surface area contributed by atoms with Crippen molar-refractivity contribution >= 4 is 12.1 Å². The van der Waals surface area contributed by atoms with Gasteiger partial charge in [0.05, 0.1) is 5.97 Å². The predicted octanol–water partition coefficient (Wildman–Crippen LogP) is -12.5. The minimum absolute atomic E-state index is 0. The van der Waals surface area contributed by atoms with Crippen LogP contribution in [-0.4, -0.2) is 12.1 Å². The molecule has 0 amide bonds. The first-order chi connectivity index (χ1) is 4.00. The minimum atomic E-state index is -2.33. The van der Waals surface area contributed by atoms with Gasteiger partial charge >= 0.3 is 88.7 Å². The molecular weight excluding hydrogens is 197 g/mol. The SMILES string of the molecule is C=CC(=O)[O-].O=C([O-])[O-].[Na+].[Na+].[Na+]. The number of carboxylic acid groups (broad SMARTS) is 3. The average molecular weight is 200 g/mol. The molecule has 8 heteroatoms. The molecule has 0 atom stereocenters. The molecule has 0 aliphatic rings. The van der Waals surface area contributed by atoms with E-state index in [2.05, 4.69) is 6.58 Å². The van der Waals surface area contributed by atoms with Crippen LogP contribution in [0, 0.1) is 0 Å². The Kier molecular flexibility index (Phi) is 55.6. The van der Waals surface area contributed by atoms with Gasteiger partial charge in [0.1, 0.15) is 0 Å². The molecular formula is C4H3Na3O5. The van der Waals surface area contributed by atoms with Crippen LogP contribution in [0.4, 0.5) is 4.79 Å². The standard InChI is InChI=1S/C3H4O2.CH2O3.3Na/c1-2-3(4)5;2-1(3)4;;;/h2H,1H2,(H,4,5);(H2,2,3,4);;;/q;;3*+1/p-3. The quantitative estimate of drug-likeness (QED) is 0.309. The molecule has 0 saturated carbocycles. The zero-order chi connectivity index (χ0) is 7.86. The van der Waals surface area contributed by atoms with E-state index < -0.39 is 12.1 Å². The Bertz CT molecular complexity index is 122. The Morgan fingerprint density at radius 2 is 1.08 bits per heavy atom. The van der Waals surface area contributed by atoms with Gasteiger partial charge in [0.15, 0.2) is 0 Å². The molecule has 0 bridgehead atoms. The number of carboxylic acids is 1. The van der Waals surface area contributed by atoms with E-state index in [1.807, 2.05) is 0 Å². The van der Waals surface area contributed by atoms with E-state index >= 15 is 0 Å². The molecule has 0 rings (SSSR count). The second-order valence-corrected chi connectivity index (χ2v) is 0.773. The van der Waals surface area contributed by atoms with E-state index in [4.69, 9.17) is 24.9 Å². The van der Waals surface area contributed by atoms with E-state index in [0.717, 1.165) is 6.08 Å². The summed E-state index contributed by atoms with van der Waals surface area (Å²) >= 11 is 0. The van der Waals surface area contributed by atoms with E-state index in [-0.39, 0.29) is 88.7 Å². The third-order valence-electron chi connectivity index (χ3n) is 0.167. The largest absolute Gasteiger partial charge is 1.00 e. The molecule has 5 nitrogen and oxygen atoms in total. The molecule has 0 unspecified atom stereocenters. The summed E-state index contributed by atoms with van der Waals surface area (Å²) in [6.45, 7) is 2.90. The number of carbonyl (C=O) groups excluding carboxylic acids is 2. The zero-order valence-corrected chi connectivity index (χ0v) is 13.3. The van der Waals surface area contributed by atoms with Crippen molar-refractivity contribution in [2.45, 2.75) is 0 Å². The average Bonchev–Trinajstić information content (AvgIpc) is 1.65. The summed E-state index contributed by atoms with van der Waals surface area (Å²) in [5.74, 6) is -1.23. The Morgan fingerprint density at radius 3 is 1.08 bits per heavy atom. The van der Waals surface area contributed by atoms with E-state index in [1.54, 1.807) is 0 Å². The molecule has 12 heavy (non-hydrogen) atoms. The maximum atomic E-state index is 9.14. The summed E-state index contributed by atoms with van der Waals surface area (Å²) in [5, 5.41) is 25.8. The van der Waals surface area contributed by atoms with Gasteiger partial charge in [-0.25, -0.2) is 0 Å². The second-order valence-electron chi connectivity index (χ2n) is 0.773. The van der Waals surface area contributed by atoms with Gasteiger partial charge in [0.2, 0.25) is 0 Å². The number of aliphatic carboxylic acids is 1. The van der Waals surface area contributed by atoms with Crippen LogP contribution in [0.1, 0.15) is 0 Å². The summed E-state index contributed by atoms with van der Waals surface area (Å²) in [6.07, 6.45) is -1.61. The van der Waals surface area contributed by atoms with Crippen LogP contribution in [0.5, 0.6) is 0 Å². The van der Waals surface area contributed by atoms with Crippen LogP contribution >= 0.6 is 0 Å². The van der Waals surface area contributed by atoms with Gasteiger partial charge in [-0.2, -0.15) is 0 Å². The smallest absolute Gasteiger partial charge is 0.652 e. The van der Waals surface area contributed by atoms with Crippen LogP contribution < -0.4 is 104 Å². The molecule has 0 N–H and O–H groups in total. The van der Waals surface area contributed by atoms with Crippen molar-refractivity contribution in [1.29, 1.82) is 0 Å². The van der Waals surface area contributed by atoms with Gasteiger partial charge < -0.3 is 24.9 Å². The molecule has 0 fully saturated rings. The van der Waals surface area contributed by atoms with Gasteiger partial charge in [0.25, 0.3) is 0 Å². The first kappa shape index (κ1) is 29.2. The summed E-state index contributed by atoms with van der Waals surface area (Å²) in [6, 6.07) is 0. The molecule has 0 aromatic rings. The topological polar surface area (TPSA) is 103 Å². The summed E-state index contributed by atoms with van der Waals surface area (Å²) in [7, 11) is 0. The van der Waals surface area contributed by atoms with Crippen molar-refractivity contribution in [3.05, 3.63) is 12.7 Å². The number of rotatable bonds is 1. The van der Waals surface area contributed by atoms with Crippen molar-refractivity contribution in [3.8, 4) is 0 Å². The monoisotopic (exact) mass is 200 g/mol. The second kappa shape index (κ2) is 22.9. The van der Waals surface area contributed by atoms with E-state index in [0.29, 0.717) is 0 Å². The summed E-state index contributed by atoms with van der Waals surface area (Å²) < 4.78 is 0. The molecule has 0 radical (unpaired) electrons. The molecule has 0 aliphatic heterocycles. The predicted molar refractivity (Wildman–Crippen MR) is 20.6 cm³/mol. The maximum absolute atomic E-state index is 9.14. The number of carbonyl (C=O) groups is 2. The van der Waals surface area contributed by atoms with Crippen molar-refractivity contribution in [1.82, 2.24) is 0 Å². The van der Waals surface area contributed by atoms with Crippen molar-refractivity contribution in [2.75, 3.05) is 0 Å². The van der Waals surface area contributed by atoms with Crippen molar-refractivity contribution in [2.24, 2.45) is 0 Å². The molecule has 0 aromatic heterocycles. The fourth-order valence-electron chi connectivity index (χ4n) is 0. The third-order valence-corrected chi connectivity index (χ3v) is 0.167. The zero-order valence-electron chi connectivity index (χ0n) is 7.33. The first-order valence-electron chi connectivity index (χ1n) is 1.72. The fraction of sp³-hybridized carbons (Fsp3) is 0. The van der Waals surface area contributed by atoms with Gasteiger partial charge in [-0.1, -0.05) is 6.58 Å². The van der Waals surface area contributed by atoms with Gasteiger partial charge in [-0.05, 0) is 12.2 Å². The van der Waals surface area contributed by atoms with Crippen LogP contribution in [-0.2, 0) is 4.79 Å². The molecule has 0 aromatic carbocycles. The van der Waals surface area contributed by atoms with E-state index in [9.17, 15) is 0 Å². The normalized spacial score (nSPS) is 4.67. The number of hydrogen-bond donors (Lipinski definition) is 0. The van der Waals surface area contributed by atoms with Crippen molar-refractivity contribution in [3.63, 3.8) is 0 Å². The number of hydrogen-bond acceptors (Lipinski definition) is 5. The third kappa shape index (κ3) is 104. The molecule has 0 spiro atoms.